The van der Waals surface area contributed by atoms with Crippen molar-refractivity contribution < 1.29 is 4.79 Å². The van der Waals surface area contributed by atoms with Crippen LogP contribution in [-0.4, -0.2) is 30.0 Å². The van der Waals surface area contributed by atoms with Crippen LogP contribution >= 0.6 is 0 Å². The molecule has 0 bridgehead atoms. The average Bonchev–Trinajstić information content (AvgIpc) is 3.09. The van der Waals surface area contributed by atoms with Crippen molar-refractivity contribution in [2.75, 3.05) is 13.1 Å². The summed E-state index contributed by atoms with van der Waals surface area (Å²) >= 11 is 0. The number of aryl methyl sites for hydroxylation is 3. The monoisotopic (exact) mass is 285 g/mol. The van der Waals surface area contributed by atoms with Gasteiger partial charge in [-0.1, -0.05) is 12.1 Å². The Morgan fingerprint density at radius 1 is 1.29 bits per heavy atom. The molecule has 1 aliphatic heterocycles. The van der Waals surface area contributed by atoms with Crippen LogP contribution in [0, 0.1) is 20.8 Å². The summed E-state index contributed by atoms with van der Waals surface area (Å²) in [5.74, 6) is -0.00352. The number of benzene rings is 1. The minimum absolute atomic E-state index is 0.00352. The van der Waals surface area contributed by atoms with Gasteiger partial charge in [-0.25, -0.2) is 0 Å². The Hall–Kier alpha value is -1.81. The van der Waals surface area contributed by atoms with Crippen LogP contribution < -0.4 is 10.6 Å². The maximum Gasteiger partial charge on any atom is 0.268 e. The largest absolute Gasteiger partial charge is 0.350 e. The first-order valence-electron chi connectivity index (χ1n) is 7.68. The van der Waals surface area contributed by atoms with Gasteiger partial charge in [0.05, 0.1) is 0 Å². The number of hydrogen-bond donors (Lipinski definition) is 3. The summed E-state index contributed by atoms with van der Waals surface area (Å²) in [6.45, 7) is 7.94. The fraction of sp³-hybridized carbons (Fsp3) is 0.471. The molecule has 2 heterocycles. The molecule has 3 N–H and O–H groups in total. The van der Waals surface area contributed by atoms with E-state index in [0.717, 1.165) is 24.0 Å². The number of carbonyl (C=O) groups is 1. The fourth-order valence-corrected chi connectivity index (χ4v) is 3.26. The van der Waals surface area contributed by atoms with Crippen LogP contribution in [0.5, 0.6) is 0 Å². The van der Waals surface area contributed by atoms with Crippen LogP contribution in [0.1, 0.15) is 40.0 Å². The molecule has 0 aliphatic carbocycles. The number of amides is 1. The van der Waals surface area contributed by atoms with Gasteiger partial charge in [-0.3, -0.25) is 4.79 Å². The number of H-pyrrole nitrogens is 1. The van der Waals surface area contributed by atoms with Crippen LogP contribution in [0.3, 0.4) is 0 Å². The Morgan fingerprint density at radius 3 is 2.71 bits per heavy atom. The first-order chi connectivity index (χ1) is 10.1. The lowest BCUT2D eigenvalue weighted by molar-refractivity contribution is 0.0945. The lowest BCUT2D eigenvalue weighted by atomic mass is 10.0. The highest BCUT2D eigenvalue weighted by atomic mass is 16.1. The van der Waals surface area contributed by atoms with Crippen molar-refractivity contribution in [2.24, 2.45) is 0 Å². The SMILES string of the molecule is Cc1ccc(C)c2c(C)c(C(=O)NCC3CCCN3)[nH]c12. The van der Waals surface area contributed by atoms with E-state index >= 15 is 0 Å². The van der Waals surface area contributed by atoms with Crippen molar-refractivity contribution in [1.29, 1.82) is 0 Å². The van der Waals surface area contributed by atoms with Gasteiger partial charge in [0.1, 0.15) is 5.69 Å². The van der Waals surface area contributed by atoms with E-state index in [4.69, 9.17) is 0 Å². The van der Waals surface area contributed by atoms with Crippen molar-refractivity contribution in [1.82, 2.24) is 15.6 Å². The molecule has 1 saturated heterocycles. The van der Waals surface area contributed by atoms with Gasteiger partial charge in [0, 0.05) is 23.5 Å². The van der Waals surface area contributed by atoms with Gasteiger partial charge in [0.2, 0.25) is 0 Å². The van der Waals surface area contributed by atoms with Crippen LogP contribution in [0.25, 0.3) is 10.9 Å². The molecule has 0 spiro atoms. The molecule has 0 radical (unpaired) electrons. The number of hydrogen-bond acceptors (Lipinski definition) is 2. The molecule has 1 aliphatic rings. The van der Waals surface area contributed by atoms with Crippen LogP contribution in [0.4, 0.5) is 0 Å². The quantitative estimate of drug-likeness (QED) is 0.812. The molecule has 112 valence electrons. The van der Waals surface area contributed by atoms with Crippen molar-refractivity contribution in [3.63, 3.8) is 0 Å². The molecular weight excluding hydrogens is 262 g/mol. The molecular formula is C17H23N3O. The zero-order valence-electron chi connectivity index (χ0n) is 13.0. The maximum atomic E-state index is 12.4. The van der Waals surface area contributed by atoms with Crippen LogP contribution in [0.2, 0.25) is 0 Å². The zero-order chi connectivity index (χ0) is 15.0. The molecule has 0 saturated carbocycles. The van der Waals surface area contributed by atoms with E-state index in [9.17, 15) is 4.79 Å². The Kier molecular flexibility index (Phi) is 3.72. The van der Waals surface area contributed by atoms with Crippen molar-refractivity contribution in [3.05, 3.63) is 34.5 Å². The highest BCUT2D eigenvalue weighted by molar-refractivity contribution is 6.02. The predicted octanol–water partition coefficient (Wildman–Crippen LogP) is 2.57. The van der Waals surface area contributed by atoms with Gasteiger partial charge in [0.25, 0.3) is 5.91 Å². The van der Waals surface area contributed by atoms with Gasteiger partial charge in [0.15, 0.2) is 0 Å². The fourth-order valence-electron chi connectivity index (χ4n) is 3.26. The van der Waals surface area contributed by atoms with E-state index in [1.807, 2.05) is 6.92 Å². The maximum absolute atomic E-state index is 12.4. The summed E-state index contributed by atoms with van der Waals surface area (Å²) in [5, 5.41) is 7.63. The van der Waals surface area contributed by atoms with Gasteiger partial charge in [-0.05, 0) is 56.8 Å². The summed E-state index contributed by atoms with van der Waals surface area (Å²) < 4.78 is 0. The van der Waals surface area contributed by atoms with Gasteiger partial charge in [-0.2, -0.15) is 0 Å². The number of fused-ring (bicyclic) bond motifs is 1. The van der Waals surface area contributed by atoms with Crippen molar-refractivity contribution in [2.45, 2.75) is 39.7 Å². The van der Waals surface area contributed by atoms with Gasteiger partial charge in [-0.15, -0.1) is 0 Å². The van der Waals surface area contributed by atoms with E-state index < -0.39 is 0 Å². The molecule has 21 heavy (non-hydrogen) atoms. The minimum atomic E-state index is -0.00352. The molecule has 1 atom stereocenters. The lowest BCUT2D eigenvalue weighted by Gasteiger charge is -2.11. The van der Waals surface area contributed by atoms with E-state index in [2.05, 4.69) is 41.6 Å². The van der Waals surface area contributed by atoms with Crippen LogP contribution in [-0.2, 0) is 0 Å². The van der Waals surface area contributed by atoms with Gasteiger partial charge >= 0.3 is 0 Å². The number of nitrogens with one attached hydrogen (secondary N) is 3. The van der Waals surface area contributed by atoms with Crippen molar-refractivity contribution >= 4 is 16.8 Å². The zero-order valence-corrected chi connectivity index (χ0v) is 13.0. The van der Waals surface area contributed by atoms with Crippen LogP contribution in [0.15, 0.2) is 12.1 Å². The number of carbonyl (C=O) groups excluding carboxylic acids is 1. The summed E-state index contributed by atoms with van der Waals surface area (Å²) in [7, 11) is 0. The third-order valence-electron chi connectivity index (χ3n) is 4.52. The summed E-state index contributed by atoms with van der Waals surface area (Å²) in [5.41, 5.74) is 5.20. The molecule has 1 aromatic carbocycles. The average molecular weight is 285 g/mol. The number of aromatic nitrogens is 1. The first kappa shape index (κ1) is 14.1. The third kappa shape index (κ3) is 2.56. The molecule has 1 unspecified atom stereocenters. The third-order valence-corrected chi connectivity index (χ3v) is 4.52. The van der Waals surface area contributed by atoms with E-state index in [1.54, 1.807) is 0 Å². The Labute approximate surface area is 125 Å². The molecule has 4 nitrogen and oxygen atoms in total. The predicted molar refractivity (Wildman–Crippen MR) is 85.9 cm³/mol. The molecule has 3 rings (SSSR count). The second-order valence-corrected chi connectivity index (χ2v) is 6.08. The molecule has 1 amide bonds. The Morgan fingerprint density at radius 2 is 2.05 bits per heavy atom. The second-order valence-electron chi connectivity index (χ2n) is 6.08. The van der Waals surface area contributed by atoms with Gasteiger partial charge < -0.3 is 15.6 Å². The molecule has 4 heteroatoms. The minimum Gasteiger partial charge on any atom is -0.350 e. The topological polar surface area (TPSA) is 56.9 Å². The summed E-state index contributed by atoms with van der Waals surface area (Å²) in [6.07, 6.45) is 2.34. The lowest BCUT2D eigenvalue weighted by Crippen LogP contribution is -2.37. The molecule has 2 aromatic rings. The number of rotatable bonds is 3. The molecule has 1 aromatic heterocycles. The van der Waals surface area contributed by atoms with E-state index in [1.165, 1.54) is 22.9 Å². The normalized spacial score (nSPS) is 18.3. The first-order valence-corrected chi connectivity index (χ1v) is 7.68. The standard InChI is InChI=1S/C17H23N3O/c1-10-6-7-11(2)15-14(10)12(3)16(20-15)17(21)19-9-13-5-4-8-18-13/h6-7,13,18,20H,4-5,8-9H2,1-3H3,(H,19,21). The second kappa shape index (κ2) is 5.53. The highest BCUT2D eigenvalue weighted by Gasteiger charge is 2.19. The van der Waals surface area contributed by atoms with E-state index in [-0.39, 0.29) is 5.91 Å². The number of aromatic amines is 1. The Bertz CT molecular complexity index is 681. The Balaban J connectivity index is 1.86. The summed E-state index contributed by atoms with van der Waals surface area (Å²) in [4.78, 5) is 15.8. The van der Waals surface area contributed by atoms with E-state index in [0.29, 0.717) is 18.3 Å². The highest BCUT2D eigenvalue weighted by Crippen LogP contribution is 2.27. The van der Waals surface area contributed by atoms with Crippen molar-refractivity contribution in [3.8, 4) is 0 Å². The molecule has 1 fully saturated rings. The smallest absolute Gasteiger partial charge is 0.268 e. The summed E-state index contributed by atoms with van der Waals surface area (Å²) in [6, 6.07) is 4.63.